The minimum atomic E-state index is -1.49. The minimum absolute atomic E-state index is 0.0152. The Hall–Kier alpha value is -2.94. The van der Waals surface area contributed by atoms with Crippen molar-refractivity contribution in [2.45, 2.75) is 31.2 Å². The minimum Gasteiger partial charge on any atom is -0.496 e. The summed E-state index contributed by atoms with van der Waals surface area (Å²) in [6.45, 7) is 1.56. The lowest BCUT2D eigenvalue weighted by Gasteiger charge is -2.30. The number of ether oxygens (including phenoxy) is 1. The number of likely N-dealkylation sites (tertiary alicyclic amines) is 1. The molecule has 2 fully saturated rings. The van der Waals surface area contributed by atoms with Crippen molar-refractivity contribution >= 4 is 35.0 Å². The zero-order valence-corrected chi connectivity index (χ0v) is 18.2. The highest BCUT2D eigenvalue weighted by atomic mass is 35.5. The van der Waals surface area contributed by atoms with Gasteiger partial charge in [0.05, 0.1) is 31.6 Å². The summed E-state index contributed by atoms with van der Waals surface area (Å²) in [7, 11) is 1.52. The van der Waals surface area contributed by atoms with Crippen LogP contribution < -0.4 is 15.4 Å². The molecular weight excluding hydrogens is 434 g/mol. The van der Waals surface area contributed by atoms with Crippen molar-refractivity contribution in [3.8, 4) is 5.75 Å². The number of carbonyl (C=O) groups is 3. The van der Waals surface area contributed by atoms with E-state index in [0.717, 1.165) is 0 Å². The molecule has 3 aliphatic rings. The molecule has 0 unspecified atom stereocenters. The van der Waals surface area contributed by atoms with Crippen LogP contribution in [0.15, 0.2) is 42.5 Å². The van der Waals surface area contributed by atoms with E-state index < -0.39 is 47.2 Å². The van der Waals surface area contributed by atoms with Gasteiger partial charge in [0.2, 0.25) is 17.7 Å². The lowest BCUT2D eigenvalue weighted by atomic mass is 9.76. The van der Waals surface area contributed by atoms with E-state index >= 15 is 0 Å². The number of rotatable bonds is 4. The van der Waals surface area contributed by atoms with Crippen molar-refractivity contribution in [1.82, 2.24) is 10.2 Å². The molecule has 2 aromatic rings. The first-order valence-electron chi connectivity index (χ1n) is 10.3. The fourth-order valence-corrected chi connectivity index (χ4v) is 5.51. The fourth-order valence-electron chi connectivity index (χ4n) is 5.34. The number of aliphatic hydroxyl groups excluding tert-OH is 1. The largest absolute Gasteiger partial charge is 0.496 e. The van der Waals surface area contributed by atoms with Crippen LogP contribution in [-0.4, -0.2) is 47.0 Å². The molecule has 0 radical (unpaired) electrons. The predicted octanol–water partition coefficient (Wildman–Crippen LogP) is 1.65. The van der Waals surface area contributed by atoms with Gasteiger partial charge in [0.15, 0.2) is 0 Å². The molecule has 1 spiro atoms. The summed E-state index contributed by atoms with van der Waals surface area (Å²) < 4.78 is 5.37. The summed E-state index contributed by atoms with van der Waals surface area (Å²) in [5, 5.41) is 16.8. The third kappa shape index (κ3) is 2.73. The Bertz CT molecular complexity index is 1150. The number of para-hydroxylation sites is 1. The molecule has 2 aromatic carbocycles. The molecule has 0 aliphatic carbocycles. The van der Waals surface area contributed by atoms with Crippen LogP contribution in [0.25, 0.3) is 0 Å². The van der Waals surface area contributed by atoms with Crippen LogP contribution in [0.4, 0.5) is 5.69 Å². The van der Waals surface area contributed by atoms with E-state index in [1.165, 1.54) is 12.0 Å². The number of hydrogen-bond acceptors (Lipinski definition) is 6. The number of halogens is 1. The molecule has 3 heterocycles. The molecule has 32 heavy (non-hydrogen) atoms. The summed E-state index contributed by atoms with van der Waals surface area (Å²) >= 11 is 6.22. The van der Waals surface area contributed by atoms with Crippen LogP contribution in [0.1, 0.15) is 18.1 Å². The Labute approximate surface area is 189 Å². The van der Waals surface area contributed by atoms with Gasteiger partial charge in [-0.3, -0.25) is 24.6 Å². The quantitative estimate of drug-likeness (QED) is 0.605. The topological polar surface area (TPSA) is 108 Å². The van der Waals surface area contributed by atoms with Crippen molar-refractivity contribution in [2.75, 3.05) is 12.4 Å². The maximum absolute atomic E-state index is 13.7. The van der Waals surface area contributed by atoms with Gasteiger partial charge in [-0.1, -0.05) is 29.8 Å². The van der Waals surface area contributed by atoms with Crippen LogP contribution in [0.3, 0.4) is 0 Å². The molecule has 0 bridgehead atoms. The molecule has 3 aliphatic heterocycles. The molecule has 3 amide bonds. The summed E-state index contributed by atoms with van der Waals surface area (Å²) in [5.74, 6) is -2.68. The Balaban J connectivity index is 1.62. The van der Waals surface area contributed by atoms with Crippen molar-refractivity contribution in [3.63, 3.8) is 0 Å². The fraction of sp³-hybridized carbons (Fsp3) is 0.348. The number of anilines is 1. The first-order valence-corrected chi connectivity index (χ1v) is 10.7. The first-order chi connectivity index (χ1) is 15.3. The number of imide groups is 1. The molecule has 2 saturated heterocycles. The molecule has 9 heteroatoms. The monoisotopic (exact) mass is 455 g/mol. The van der Waals surface area contributed by atoms with E-state index in [-0.39, 0.29) is 6.54 Å². The second kappa shape index (κ2) is 7.30. The Kier molecular flexibility index (Phi) is 4.77. The average Bonchev–Trinajstić information content (AvgIpc) is 3.35. The Morgan fingerprint density at radius 3 is 2.66 bits per heavy atom. The van der Waals surface area contributed by atoms with Gasteiger partial charge in [-0.05, 0) is 31.2 Å². The van der Waals surface area contributed by atoms with Crippen LogP contribution in [-0.2, 0) is 26.5 Å². The lowest BCUT2D eigenvalue weighted by Crippen LogP contribution is -2.54. The van der Waals surface area contributed by atoms with Crippen molar-refractivity contribution in [3.05, 3.63) is 58.6 Å². The summed E-state index contributed by atoms with van der Waals surface area (Å²) in [4.78, 5) is 41.7. The summed E-state index contributed by atoms with van der Waals surface area (Å²) in [6.07, 6.45) is -0.971. The molecule has 0 aromatic heterocycles. The van der Waals surface area contributed by atoms with Crippen LogP contribution in [0, 0.1) is 11.8 Å². The van der Waals surface area contributed by atoms with E-state index in [2.05, 4.69) is 10.6 Å². The molecule has 0 saturated carbocycles. The Morgan fingerprint density at radius 2 is 1.94 bits per heavy atom. The van der Waals surface area contributed by atoms with E-state index in [9.17, 15) is 19.5 Å². The number of fused-ring (bicyclic) bond motifs is 4. The molecular formula is C23H22ClN3O5. The van der Waals surface area contributed by atoms with Crippen molar-refractivity contribution in [1.29, 1.82) is 0 Å². The van der Waals surface area contributed by atoms with Gasteiger partial charge in [-0.2, -0.15) is 0 Å². The van der Waals surface area contributed by atoms with Crippen LogP contribution >= 0.6 is 11.6 Å². The molecule has 5 atom stereocenters. The van der Waals surface area contributed by atoms with Gasteiger partial charge in [-0.15, -0.1) is 0 Å². The van der Waals surface area contributed by atoms with E-state index in [4.69, 9.17) is 16.3 Å². The smallest absolute Gasteiger partial charge is 0.250 e. The number of aliphatic hydroxyl groups is 1. The molecule has 8 nitrogen and oxygen atoms in total. The van der Waals surface area contributed by atoms with Gasteiger partial charge in [0.25, 0.3) is 0 Å². The number of benzene rings is 2. The van der Waals surface area contributed by atoms with Gasteiger partial charge >= 0.3 is 0 Å². The number of hydrogen-bond donors (Lipinski definition) is 3. The van der Waals surface area contributed by atoms with Gasteiger partial charge in [0, 0.05) is 27.9 Å². The zero-order chi connectivity index (χ0) is 22.8. The number of carbonyl (C=O) groups excluding carboxylic acids is 3. The molecule has 166 valence electrons. The second-order valence-electron chi connectivity index (χ2n) is 8.44. The zero-order valence-electron chi connectivity index (χ0n) is 17.5. The SMILES string of the molecule is COc1ccccc1CN1C(=O)[C@H]2[C@@H]([C@@H](C)O)N[C@]3(C(=O)Nc4ccc(Cl)cc43)[C@@H]2C1=O. The predicted molar refractivity (Wildman–Crippen MR) is 116 cm³/mol. The Morgan fingerprint density at radius 1 is 1.19 bits per heavy atom. The standard InChI is InChI=1S/C23H22ClN3O5/c1-11(28)19-17-18(23(26-19)14-9-13(24)7-8-15(14)25-22(23)31)21(30)27(20(17)29)10-12-5-3-4-6-16(12)32-2/h3-9,11,17-19,26,28H,10H2,1-2H3,(H,25,31)/t11-,17-,18+,19-,23+/m1/s1. The average molecular weight is 456 g/mol. The highest BCUT2D eigenvalue weighted by Crippen LogP contribution is 2.54. The highest BCUT2D eigenvalue weighted by molar-refractivity contribution is 6.31. The van der Waals surface area contributed by atoms with E-state index in [1.54, 1.807) is 49.4 Å². The van der Waals surface area contributed by atoms with E-state index in [0.29, 0.717) is 27.6 Å². The number of nitrogens with one attached hydrogen (secondary N) is 2. The third-order valence-electron chi connectivity index (χ3n) is 6.74. The van der Waals surface area contributed by atoms with Crippen LogP contribution in [0.5, 0.6) is 5.75 Å². The van der Waals surface area contributed by atoms with Crippen molar-refractivity contribution < 1.29 is 24.2 Å². The molecule has 3 N–H and O–H groups in total. The maximum Gasteiger partial charge on any atom is 0.250 e. The van der Waals surface area contributed by atoms with Gasteiger partial charge in [0.1, 0.15) is 11.3 Å². The maximum atomic E-state index is 13.7. The van der Waals surface area contributed by atoms with Crippen LogP contribution in [0.2, 0.25) is 5.02 Å². The van der Waals surface area contributed by atoms with Crippen molar-refractivity contribution in [2.24, 2.45) is 11.8 Å². The number of methoxy groups -OCH3 is 1. The van der Waals surface area contributed by atoms with E-state index in [1.807, 2.05) is 0 Å². The van der Waals surface area contributed by atoms with Gasteiger partial charge < -0.3 is 15.2 Å². The summed E-state index contributed by atoms with van der Waals surface area (Å²) in [6, 6.07) is 11.3. The number of nitrogens with zero attached hydrogens (tertiary/aromatic N) is 1. The summed E-state index contributed by atoms with van der Waals surface area (Å²) in [5.41, 5.74) is 0.217. The number of amides is 3. The first kappa shape index (κ1) is 20.9. The third-order valence-corrected chi connectivity index (χ3v) is 6.98. The van der Waals surface area contributed by atoms with Gasteiger partial charge in [-0.25, -0.2) is 0 Å². The normalized spacial score (nSPS) is 29.3. The highest BCUT2D eigenvalue weighted by Gasteiger charge is 2.71. The second-order valence-corrected chi connectivity index (χ2v) is 8.88. The lowest BCUT2D eigenvalue weighted by molar-refractivity contribution is -0.143. The molecule has 5 rings (SSSR count).